The van der Waals surface area contributed by atoms with Gasteiger partial charge in [0.15, 0.2) is 11.5 Å². The molecule has 11 heteroatoms. The molecule has 4 heterocycles. The number of piperazine rings is 1. The van der Waals surface area contributed by atoms with Crippen molar-refractivity contribution in [2.45, 2.75) is 6.92 Å². The molecule has 0 aliphatic carbocycles. The molecule has 5 rings (SSSR count). The summed E-state index contributed by atoms with van der Waals surface area (Å²) in [4.78, 5) is 22.4. The van der Waals surface area contributed by atoms with Gasteiger partial charge in [0.2, 0.25) is 12.7 Å². The van der Waals surface area contributed by atoms with Crippen molar-refractivity contribution in [1.82, 2.24) is 24.8 Å². The fourth-order valence-electron chi connectivity index (χ4n) is 3.78. The van der Waals surface area contributed by atoms with Gasteiger partial charge in [0.05, 0.1) is 10.6 Å². The molecule has 3 aromatic rings. The standard InChI is InChI=1S/C21H23ClN8O2/c1-12-25-16(9-17(26-12)30-7-5-29(2)6-8-30)27-21-24-10-13(20(23)28-21)18-14(22)3-4-15-19(18)32-11-31-15/h3-4,9-10H,5-8,11H2,1-2H3,(H3,23,24,25,26,27,28). The van der Waals surface area contributed by atoms with Gasteiger partial charge in [0.1, 0.15) is 23.3 Å². The van der Waals surface area contributed by atoms with Gasteiger partial charge in [-0.05, 0) is 26.1 Å². The summed E-state index contributed by atoms with van der Waals surface area (Å²) in [7, 11) is 2.12. The Morgan fingerprint density at radius 3 is 2.69 bits per heavy atom. The number of benzene rings is 1. The van der Waals surface area contributed by atoms with Crippen molar-refractivity contribution in [2.24, 2.45) is 0 Å². The van der Waals surface area contributed by atoms with Gasteiger partial charge in [-0.25, -0.2) is 15.0 Å². The number of hydrogen-bond acceptors (Lipinski definition) is 10. The van der Waals surface area contributed by atoms with Gasteiger partial charge >= 0.3 is 0 Å². The van der Waals surface area contributed by atoms with E-state index in [1.54, 1.807) is 18.3 Å². The van der Waals surface area contributed by atoms with E-state index in [0.717, 1.165) is 32.0 Å². The van der Waals surface area contributed by atoms with Crippen molar-refractivity contribution in [1.29, 1.82) is 0 Å². The van der Waals surface area contributed by atoms with E-state index in [1.807, 2.05) is 13.0 Å². The average molecular weight is 455 g/mol. The van der Waals surface area contributed by atoms with Gasteiger partial charge in [-0.3, -0.25) is 0 Å². The smallest absolute Gasteiger partial charge is 0.231 e. The normalized spacial score (nSPS) is 15.8. The molecule has 0 unspecified atom stereocenters. The lowest BCUT2D eigenvalue weighted by atomic mass is 10.1. The Hall–Kier alpha value is -3.37. The maximum absolute atomic E-state index is 6.41. The highest BCUT2D eigenvalue weighted by Crippen LogP contribution is 2.46. The molecule has 166 valence electrons. The first-order valence-corrected chi connectivity index (χ1v) is 10.6. The molecule has 0 bridgehead atoms. The Morgan fingerprint density at radius 2 is 1.91 bits per heavy atom. The summed E-state index contributed by atoms with van der Waals surface area (Å²) >= 11 is 6.41. The van der Waals surface area contributed by atoms with Gasteiger partial charge in [-0.15, -0.1) is 0 Å². The summed E-state index contributed by atoms with van der Waals surface area (Å²) < 4.78 is 11.0. The van der Waals surface area contributed by atoms with Gasteiger partial charge in [0, 0.05) is 44.0 Å². The fourth-order valence-corrected chi connectivity index (χ4v) is 4.03. The molecule has 1 saturated heterocycles. The number of rotatable bonds is 4. The highest BCUT2D eigenvalue weighted by Gasteiger charge is 2.24. The third-order valence-corrected chi connectivity index (χ3v) is 5.78. The topological polar surface area (TPSA) is 115 Å². The van der Waals surface area contributed by atoms with E-state index >= 15 is 0 Å². The first-order valence-electron chi connectivity index (χ1n) is 10.2. The lowest BCUT2D eigenvalue weighted by Gasteiger charge is -2.33. The van der Waals surface area contributed by atoms with E-state index in [9.17, 15) is 0 Å². The molecule has 3 N–H and O–H groups in total. The fraction of sp³-hybridized carbons (Fsp3) is 0.333. The summed E-state index contributed by atoms with van der Waals surface area (Å²) in [6.07, 6.45) is 1.61. The van der Waals surface area contributed by atoms with Crippen molar-refractivity contribution < 1.29 is 9.47 Å². The maximum atomic E-state index is 6.41. The molecule has 1 aromatic carbocycles. The molecule has 2 aliphatic rings. The second-order valence-electron chi connectivity index (χ2n) is 7.72. The Labute approximate surface area is 190 Å². The van der Waals surface area contributed by atoms with Crippen molar-refractivity contribution in [3.05, 3.63) is 35.2 Å². The summed E-state index contributed by atoms with van der Waals surface area (Å²) in [5.74, 6) is 3.89. The van der Waals surface area contributed by atoms with Crippen molar-refractivity contribution in [3.63, 3.8) is 0 Å². The predicted molar refractivity (Wildman–Crippen MR) is 123 cm³/mol. The van der Waals surface area contributed by atoms with E-state index in [-0.39, 0.29) is 12.6 Å². The minimum absolute atomic E-state index is 0.131. The molecule has 2 aliphatic heterocycles. The lowest BCUT2D eigenvalue weighted by molar-refractivity contribution is 0.174. The highest BCUT2D eigenvalue weighted by molar-refractivity contribution is 6.34. The van der Waals surface area contributed by atoms with Crippen LogP contribution in [0, 0.1) is 6.92 Å². The third-order valence-electron chi connectivity index (χ3n) is 5.47. The number of ether oxygens (including phenoxy) is 2. The van der Waals surface area contributed by atoms with E-state index in [1.165, 1.54) is 0 Å². The van der Waals surface area contributed by atoms with Crippen LogP contribution in [-0.2, 0) is 0 Å². The van der Waals surface area contributed by atoms with Crippen LogP contribution in [0.5, 0.6) is 11.5 Å². The van der Waals surface area contributed by atoms with Gasteiger partial charge in [0.25, 0.3) is 0 Å². The zero-order valence-electron chi connectivity index (χ0n) is 17.8. The molecule has 0 spiro atoms. The van der Waals surface area contributed by atoms with E-state index in [2.05, 4.69) is 42.1 Å². The Bertz CT molecular complexity index is 1170. The zero-order valence-corrected chi connectivity index (χ0v) is 18.6. The molecular formula is C21H23ClN8O2. The van der Waals surface area contributed by atoms with Gasteiger partial charge in [-0.2, -0.15) is 4.98 Å². The first kappa shape index (κ1) is 20.5. The number of nitrogen functional groups attached to an aromatic ring is 1. The summed E-state index contributed by atoms with van der Waals surface area (Å²) in [5, 5.41) is 3.62. The number of aromatic nitrogens is 4. The average Bonchev–Trinajstić information content (AvgIpc) is 3.23. The van der Waals surface area contributed by atoms with Crippen molar-refractivity contribution >= 4 is 35.0 Å². The molecule has 0 radical (unpaired) electrons. The largest absolute Gasteiger partial charge is 0.454 e. The zero-order chi connectivity index (χ0) is 22.2. The molecule has 0 saturated carbocycles. The van der Waals surface area contributed by atoms with Crippen LogP contribution in [0.3, 0.4) is 0 Å². The monoisotopic (exact) mass is 454 g/mol. The van der Waals surface area contributed by atoms with E-state index < -0.39 is 0 Å². The van der Waals surface area contributed by atoms with Crippen molar-refractivity contribution in [2.75, 3.05) is 56.0 Å². The number of aryl methyl sites for hydroxylation is 1. The Kier molecular flexibility index (Phi) is 5.32. The highest BCUT2D eigenvalue weighted by atomic mass is 35.5. The Morgan fingerprint density at radius 1 is 1.09 bits per heavy atom. The van der Waals surface area contributed by atoms with Crippen LogP contribution in [0.4, 0.5) is 23.4 Å². The lowest BCUT2D eigenvalue weighted by Crippen LogP contribution is -2.44. The number of likely N-dealkylation sites (N-methyl/N-ethyl adjacent to an activating group) is 1. The minimum Gasteiger partial charge on any atom is -0.454 e. The molecule has 0 atom stereocenters. The molecule has 2 aromatic heterocycles. The number of anilines is 4. The second kappa shape index (κ2) is 8.29. The first-order chi connectivity index (χ1) is 15.5. The number of fused-ring (bicyclic) bond motifs is 1. The number of halogens is 1. The van der Waals surface area contributed by atoms with Crippen LogP contribution in [-0.4, -0.2) is 64.9 Å². The van der Waals surface area contributed by atoms with E-state index in [0.29, 0.717) is 45.2 Å². The van der Waals surface area contributed by atoms with Gasteiger partial charge in [-0.1, -0.05) is 11.6 Å². The SMILES string of the molecule is Cc1nc(Nc2ncc(-c3c(Cl)ccc4c3OCO4)c(N)n2)cc(N2CCN(C)CC2)n1. The maximum Gasteiger partial charge on any atom is 0.231 e. The van der Waals surface area contributed by atoms with Gasteiger partial charge < -0.3 is 30.3 Å². The summed E-state index contributed by atoms with van der Waals surface area (Å²) in [6, 6.07) is 5.40. The third kappa shape index (κ3) is 3.94. The van der Waals surface area contributed by atoms with Crippen molar-refractivity contribution in [3.8, 4) is 22.6 Å². The summed E-state index contributed by atoms with van der Waals surface area (Å²) in [5.41, 5.74) is 7.45. The van der Waals surface area contributed by atoms with Crippen LogP contribution >= 0.6 is 11.6 Å². The minimum atomic E-state index is 0.131. The molecule has 1 fully saturated rings. The number of nitrogens with one attached hydrogen (secondary N) is 1. The van der Waals surface area contributed by atoms with Crippen LogP contribution < -0.4 is 25.4 Å². The van der Waals surface area contributed by atoms with Crippen LogP contribution in [0.2, 0.25) is 5.02 Å². The number of nitrogens with zero attached hydrogens (tertiary/aromatic N) is 6. The Balaban J connectivity index is 1.41. The van der Waals surface area contributed by atoms with Crippen LogP contribution in [0.1, 0.15) is 5.82 Å². The molecular weight excluding hydrogens is 432 g/mol. The molecule has 32 heavy (non-hydrogen) atoms. The summed E-state index contributed by atoms with van der Waals surface area (Å²) in [6.45, 7) is 5.81. The second-order valence-corrected chi connectivity index (χ2v) is 8.13. The number of hydrogen-bond donors (Lipinski definition) is 2. The van der Waals surface area contributed by atoms with E-state index in [4.69, 9.17) is 26.8 Å². The van der Waals surface area contributed by atoms with Crippen LogP contribution in [0.15, 0.2) is 24.4 Å². The molecule has 0 amide bonds. The molecule has 10 nitrogen and oxygen atoms in total. The quantitative estimate of drug-likeness (QED) is 0.609. The number of nitrogens with two attached hydrogens (primary N) is 1. The predicted octanol–water partition coefficient (Wildman–Crippen LogP) is 2.70. The van der Waals surface area contributed by atoms with Crippen LogP contribution in [0.25, 0.3) is 11.1 Å².